The minimum Gasteiger partial charge on any atom is -0.508 e. The molecule has 1 aromatic carbocycles. The Morgan fingerprint density at radius 2 is 1.80 bits per heavy atom. The predicted molar refractivity (Wildman–Crippen MR) is 124 cm³/mol. The van der Waals surface area contributed by atoms with Crippen molar-refractivity contribution in [1.82, 2.24) is 9.47 Å². The molecule has 1 amide bonds. The number of aliphatic hydroxyl groups is 3. The maximum atomic E-state index is 13.8. The Hall–Kier alpha value is -3.89. The van der Waals surface area contributed by atoms with Crippen molar-refractivity contribution in [2.24, 2.45) is 17.6 Å². The van der Waals surface area contributed by atoms with Crippen molar-refractivity contribution in [2.75, 3.05) is 14.1 Å². The third-order valence-corrected chi connectivity index (χ3v) is 7.46. The predicted octanol–water partition coefficient (Wildman–Crippen LogP) is 0.755. The second-order valence-corrected chi connectivity index (χ2v) is 9.51. The quantitative estimate of drug-likeness (QED) is 0.402. The number of phenolic OH excluding ortho intramolecular Hbond substituents is 1. The molecule has 0 saturated heterocycles. The zero-order valence-corrected chi connectivity index (χ0v) is 19.1. The van der Waals surface area contributed by atoms with Gasteiger partial charge in [0.1, 0.15) is 22.8 Å². The van der Waals surface area contributed by atoms with Gasteiger partial charge in [0, 0.05) is 29.6 Å². The van der Waals surface area contributed by atoms with Crippen LogP contribution in [0.15, 0.2) is 53.6 Å². The third-order valence-electron chi connectivity index (χ3n) is 7.46. The molecule has 4 unspecified atom stereocenters. The number of hydrogen-bond acceptors (Lipinski definition) is 8. The summed E-state index contributed by atoms with van der Waals surface area (Å²) < 4.78 is 1.82. The van der Waals surface area contributed by atoms with Crippen LogP contribution in [-0.4, -0.2) is 73.1 Å². The Kier molecular flexibility index (Phi) is 4.94. The van der Waals surface area contributed by atoms with Crippen molar-refractivity contribution in [1.29, 1.82) is 0 Å². The first-order valence-corrected chi connectivity index (χ1v) is 11.1. The number of carbonyl (C=O) groups excluding carboxylic acids is 3. The van der Waals surface area contributed by atoms with Gasteiger partial charge < -0.3 is 30.7 Å². The van der Waals surface area contributed by atoms with E-state index in [4.69, 9.17) is 5.73 Å². The largest absolute Gasteiger partial charge is 0.508 e. The highest BCUT2D eigenvalue weighted by Gasteiger charge is 2.64. The number of Topliss-reactive ketones (excluding diaryl/α,β-unsaturated/α-hetero) is 2. The molecule has 10 heteroatoms. The molecule has 0 aliphatic heterocycles. The van der Waals surface area contributed by atoms with Crippen LogP contribution in [0.1, 0.15) is 17.5 Å². The lowest BCUT2D eigenvalue weighted by Gasteiger charge is -2.50. The Morgan fingerprint density at radius 1 is 1.14 bits per heavy atom. The number of primary amides is 1. The molecular weight excluding hydrogens is 454 g/mol. The molecule has 3 aliphatic rings. The molecule has 3 aliphatic carbocycles. The fraction of sp³-hybridized carbons (Fsp3) is 0.320. The van der Waals surface area contributed by atoms with Gasteiger partial charge in [-0.1, -0.05) is 0 Å². The molecule has 182 valence electrons. The molecule has 1 fully saturated rings. The molecular formula is C25H25N3O7. The Bertz CT molecular complexity index is 1360. The van der Waals surface area contributed by atoms with Crippen LogP contribution in [-0.2, 0) is 20.8 Å². The van der Waals surface area contributed by atoms with Crippen molar-refractivity contribution < 1.29 is 34.8 Å². The second-order valence-electron chi connectivity index (χ2n) is 9.51. The normalized spacial score (nSPS) is 28.2. The number of phenols is 1. The fourth-order valence-corrected chi connectivity index (χ4v) is 5.96. The van der Waals surface area contributed by atoms with Crippen LogP contribution < -0.4 is 5.73 Å². The molecule has 2 aromatic rings. The van der Waals surface area contributed by atoms with E-state index in [1.165, 1.54) is 11.0 Å². The number of rotatable bonds is 3. The number of likely N-dealkylation sites (N-methyl/N-ethyl adjacent to an activating group) is 1. The first-order valence-electron chi connectivity index (χ1n) is 11.1. The van der Waals surface area contributed by atoms with E-state index in [2.05, 4.69) is 0 Å². The van der Waals surface area contributed by atoms with Gasteiger partial charge in [0.15, 0.2) is 11.4 Å². The molecule has 0 radical (unpaired) electrons. The van der Waals surface area contributed by atoms with Crippen molar-refractivity contribution in [3.05, 3.63) is 64.7 Å². The van der Waals surface area contributed by atoms with Crippen LogP contribution in [0.5, 0.6) is 5.75 Å². The monoisotopic (exact) mass is 479 g/mol. The van der Waals surface area contributed by atoms with E-state index >= 15 is 0 Å². The lowest BCUT2D eigenvalue weighted by Crippen LogP contribution is -2.65. The highest BCUT2D eigenvalue weighted by molar-refractivity contribution is 6.24. The summed E-state index contributed by atoms with van der Waals surface area (Å²) in [7, 11) is 3.13. The number of nitrogens with zero attached hydrogens (tertiary/aromatic N) is 2. The fourth-order valence-electron chi connectivity index (χ4n) is 5.96. The number of nitrogens with two attached hydrogens (primary N) is 1. The highest BCUT2D eigenvalue weighted by Crippen LogP contribution is 2.53. The van der Waals surface area contributed by atoms with E-state index in [1.807, 2.05) is 29.1 Å². The van der Waals surface area contributed by atoms with Gasteiger partial charge in [-0.05, 0) is 62.7 Å². The van der Waals surface area contributed by atoms with Crippen molar-refractivity contribution in [3.8, 4) is 11.4 Å². The molecule has 0 bridgehead atoms. The van der Waals surface area contributed by atoms with Crippen LogP contribution in [0.3, 0.4) is 0 Å². The zero-order valence-electron chi connectivity index (χ0n) is 19.1. The lowest BCUT2D eigenvalue weighted by atomic mass is 9.57. The summed E-state index contributed by atoms with van der Waals surface area (Å²) in [4.78, 5) is 40.4. The average Bonchev–Trinajstić information content (AvgIpc) is 3.30. The van der Waals surface area contributed by atoms with Gasteiger partial charge in [-0.3, -0.25) is 19.3 Å². The molecule has 1 saturated carbocycles. The summed E-state index contributed by atoms with van der Waals surface area (Å²) in [6.07, 6.45) is 3.90. The van der Waals surface area contributed by atoms with Gasteiger partial charge in [-0.2, -0.15) is 0 Å². The van der Waals surface area contributed by atoms with Crippen LogP contribution >= 0.6 is 0 Å². The van der Waals surface area contributed by atoms with Crippen molar-refractivity contribution >= 4 is 23.2 Å². The minimum atomic E-state index is -2.64. The van der Waals surface area contributed by atoms with Crippen molar-refractivity contribution in [3.63, 3.8) is 0 Å². The van der Waals surface area contributed by atoms with Gasteiger partial charge in [0.2, 0.25) is 5.78 Å². The number of amides is 1. The summed E-state index contributed by atoms with van der Waals surface area (Å²) in [6.45, 7) is 0. The summed E-state index contributed by atoms with van der Waals surface area (Å²) in [6, 6.07) is 5.65. The molecule has 5 rings (SSSR count). The third kappa shape index (κ3) is 2.93. The Labute approximate surface area is 200 Å². The van der Waals surface area contributed by atoms with Gasteiger partial charge in [-0.25, -0.2) is 0 Å². The van der Waals surface area contributed by atoms with Crippen LogP contribution in [0, 0.1) is 11.8 Å². The molecule has 4 atom stereocenters. The van der Waals surface area contributed by atoms with E-state index in [1.54, 1.807) is 20.2 Å². The molecule has 10 nitrogen and oxygen atoms in total. The van der Waals surface area contributed by atoms with Gasteiger partial charge >= 0.3 is 0 Å². The number of carbonyl (C=O) groups is 3. The smallest absolute Gasteiger partial charge is 0.255 e. The average molecular weight is 479 g/mol. The Balaban J connectivity index is 1.75. The SMILES string of the molecule is CN(C)C1C(=O)C(C(N)=O)=C(O)C2(O)C(=O)C3=C(O)c4c(O)ccc(-n5cccc5)c4CC3CC12. The van der Waals surface area contributed by atoms with E-state index in [-0.39, 0.29) is 29.7 Å². The number of benzene rings is 1. The molecule has 0 spiro atoms. The first kappa shape index (κ1) is 22.9. The maximum Gasteiger partial charge on any atom is 0.255 e. The summed E-state index contributed by atoms with van der Waals surface area (Å²) >= 11 is 0. The number of aliphatic hydroxyl groups excluding tert-OH is 2. The summed E-state index contributed by atoms with van der Waals surface area (Å²) in [5.41, 5.74) is 3.05. The van der Waals surface area contributed by atoms with Gasteiger partial charge in [0.25, 0.3) is 5.91 Å². The molecule has 35 heavy (non-hydrogen) atoms. The van der Waals surface area contributed by atoms with Crippen LogP contribution in [0.25, 0.3) is 11.4 Å². The molecule has 1 heterocycles. The minimum absolute atomic E-state index is 0.0482. The number of ketones is 2. The standard InChI is InChI=1S/C25H25N3O7/c1-27(2)19-13-10-11-9-12-14(28-7-3-4-8-28)5-6-15(29)17(12)20(30)16(11)22(32)25(13,35)23(33)18(21(19)31)24(26)34/h3-8,11,13,19,29-30,33,35H,9-10H2,1-2H3,(H2,26,34). The first-order chi connectivity index (χ1) is 16.5. The van der Waals surface area contributed by atoms with E-state index < -0.39 is 58.0 Å². The zero-order chi connectivity index (χ0) is 25.4. The van der Waals surface area contributed by atoms with Crippen LogP contribution in [0.4, 0.5) is 0 Å². The number of aromatic nitrogens is 1. The number of fused-ring (bicyclic) bond motifs is 3. The van der Waals surface area contributed by atoms with Gasteiger partial charge in [-0.15, -0.1) is 0 Å². The molecule has 1 aromatic heterocycles. The molecule has 6 N–H and O–H groups in total. The lowest BCUT2D eigenvalue weighted by molar-refractivity contribution is -0.153. The topological polar surface area (TPSA) is 166 Å². The highest BCUT2D eigenvalue weighted by atomic mass is 16.3. The van der Waals surface area contributed by atoms with Crippen molar-refractivity contribution in [2.45, 2.75) is 24.5 Å². The van der Waals surface area contributed by atoms with E-state index in [9.17, 15) is 34.8 Å². The van der Waals surface area contributed by atoms with Gasteiger partial charge in [0.05, 0.1) is 11.6 Å². The number of hydrogen-bond donors (Lipinski definition) is 5. The van der Waals surface area contributed by atoms with Crippen LogP contribution in [0.2, 0.25) is 0 Å². The maximum absolute atomic E-state index is 13.8. The second kappa shape index (κ2) is 7.56. The summed E-state index contributed by atoms with van der Waals surface area (Å²) in [5, 5.41) is 44.3. The summed E-state index contributed by atoms with van der Waals surface area (Å²) in [5.74, 6) is -6.63. The van der Waals surface area contributed by atoms with E-state index in [0.717, 1.165) is 0 Å². The number of aromatic hydroxyl groups is 1. The Morgan fingerprint density at radius 3 is 2.40 bits per heavy atom. The van der Waals surface area contributed by atoms with E-state index in [0.29, 0.717) is 11.3 Å².